The molecule has 6 nitrogen and oxygen atoms in total. The number of nitrogens with one attached hydrogen (secondary N) is 1. The van der Waals surface area contributed by atoms with Crippen LogP contribution in [0.5, 0.6) is 5.75 Å². The molecule has 0 spiro atoms. The maximum absolute atomic E-state index is 12.5. The molecular weight excluding hydrogens is 350 g/mol. The van der Waals surface area contributed by atoms with Crippen LogP contribution in [0.3, 0.4) is 0 Å². The molecule has 0 saturated carbocycles. The highest BCUT2D eigenvalue weighted by molar-refractivity contribution is 7.71. The molecule has 1 N–H and O–H groups in total. The predicted octanol–water partition coefficient (Wildman–Crippen LogP) is 3.89. The van der Waals surface area contributed by atoms with Crippen molar-refractivity contribution in [3.8, 4) is 5.75 Å². The normalized spacial score (nSPS) is 17.7. The first-order valence-electron chi connectivity index (χ1n) is 7.85. The molecule has 0 radical (unpaired) electrons. The van der Waals surface area contributed by atoms with Crippen molar-refractivity contribution in [1.29, 1.82) is 0 Å². The van der Waals surface area contributed by atoms with E-state index < -0.39 is 6.61 Å². The third-order valence-corrected chi connectivity index (χ3v) is 4.17. The molecule has 2 heterocycles. The lowest BCUT2D eigenvalue weighted by Crippen LogP contribution is -2.06. The predicted molar refractivity (Wildman–Crippen MR) is 90.9 cm³/mol. The average molecular weight is 368 g/mol. The van der Waals surface area contributed by atoms with Crippen LogP contribution in [0.1, 0.15) is 41.5 Å². The van der Waals surface area contributed by atoms with E-state index in [2.05, 4.69) is 20.0 Å². The van der Waals surface area contributed by atoms with Crippen molar-refractivity contribution in [3.05, 3.63) is 39.4 Å². The van der Waals surface area contributed by atoms with Crippen LogP contribution in [0, 0.1) is 18.6 Å². The van der Waals surface area contributed by atoms with Crippen molar-refractivity contribution in [2.45, 2.75) is 39.4 Å². The van der Waals surface area contributed by atoms with Crippen LogP contribution in [-0.4, -0.2) is 34.3 Å². The number of rotatable bonds is 5. The summed E-state index contributed by atoms with van der Waals surface area (Å²) in [6.07, 6.45) is 3.32. The summed E-state index contributed by atoms with van der Waals surface area (Å²) in [7, 11) is 0. The van der Waals surface area contributed by atoms with E-state index in [0.29, 0.717) is 28.3 Å². The fourth-order valence-electron chi connectivity index (χ4n) is 2.86. The standard InChI is InChI=1S/C16H18F2N4O2S/c1-9-6-11(7-10(2)13(9)24-15(17)18)8-19-22-14(20-21-16(22)25)12-4-3-5-23-12/h6-8,12,15H,3-5H2,1-2H3,(H,21,25)/b19-8-/t12-/m1/s1. The van der Waals surface area contributed by atoms with Crippen LogP contribution in [-0.2, 0) is 4.74 Å². The van der Waals surface area contributed by atoms with Crippen LogP contribution in [0.4, 0.5) is 8.78 Å². The third kappa shape index (κ3) is 3.93. The molecule has 1 saturated heterocycles. The Balaban J connectivity index is 1.88. The summed E-state index contributed by atoms with van der Waals surface area (Å²) in [5.41, 5.74) is 1.96. The van der Waals surface area contributed by atoms with E-state index in [0.717, 1.165) is 18.4 Å². The first kappa shape index (κ1) is 17.7. The number of ether oxygens (including phenoxy) is 2. The second-order valence-corrected chi connectivity index (χ2v) is 6.19. The van der Waals surface area contributed by atoms with Gasteiger partial charge in [0, 0.05) is 6.61 Å². The minimum atomic E-state index is -2.85. The van der Waals surface area contributed by atoms with Gasteiger partial charge in [-0.1, -0.05) is 0 Å². The van der Waals surface area contributed by atoms with Crippen molar-refractivity contribution in [3.63, 3.8) is 0 Å². The summed E-state index contributed by atoms with van der Waals surface area (Å²) in [6, 6.07) is 3.45. The number of aromatic nitrogens is 3. The van der Waals surface area contributed by atoms with E-state index in [1.807, 2.05) is 0 Å². The molecule has 1 aromatic heterocycles. The number of aromatic amines is 1. The van der Waals surface area contributed by atoms with Gasteiger partial charge in [-0.2, -0.15) is 23.7 Å². The SMILES string of the molecule is Cc1cc(/C=N\n2c([C@H]3CCCO3)n[nH]c2=S)cc(C)c1OC(F)F. The molecule has 0 bridgehead atoms. The number of alkyl halides is 2. The fraction of sp³-hybridized carbons (Fsp3) is 0.438. The third-order valence-electron chi connectivity index (χ3n) is 3.91. The van der Waals surface area contributed by atoms with Gasteiger partial charge in [-0.25, -0.2) is 0 Å². The quantitative estimate of drug-likeness (QED) is 0.642. The number of hydrogen-bond donors (Lipinski definition) is 1. The van der Waals surface area contributed by atoms with Gasteiger partial charge in [0.25, 0.3) is 0 Å². The Morgan fingerprint density at radius 2 is 2.16 bits per heavy atom. The summed E-state index contributed by atoms with van der Waals surface area (Å²) in [6.45, 7) is 1.26. The van der Waals surface area contributed by atoms with Crippen LogP contribution < -0.4 is 4.74 Å². The van der Waals surface area contributed by atoms with Crippen LogP contribution in [0.2, 0.25) is 0 Å². The van der Waals surface area contributed by atoms with Gasteiger partial charge in [-0.15, -0.1) is 0 Å². The molecule has 3 rings (SSSR count). The second-order valence-electron chi connectivity index (χ2n) is 5.81. The molecule has 0 unspecified atom stereocenters. The first-order chi connectivity index (χ1) is 12.0. The number of H-pyrrole nitrogens is 1. The van der Waals surface area contributed by atoms with E-state index in [-0.39, 0.29) is 11.9 Å². The van der Waals surface area contributed by atoms with E-state index in [9.17, 15) is 8.78 Å². The largest absolute Gasteiger partial charge is 0.434 e. The smallest absolute Gasteiger partial charge is 0.387 e. The Bertz CT molecular complexity index is 818. The van der Waals surface area contributed by atoms with Crippen molar-refractivity contribution >= 4 is 18.4 Å². The maximum Gasteiger partial charge on any atom is 0.387 e. The number of benzene rings is 1. The highest BCUT2D eigenvalue weighted by Crippen LogP contribution is 2.28. The topological polar surface area (TPSA) is 64.4 Å². The van der Waals surface area contributed by atoms with Gasteiger partial charge >= 0.3 is 6.61 Å². The lowest BCUT2D eigenvalue weighted by atomic mass is 10.1. The number of halogens is 2. The Kier molecular flexibility index (Phi) is 5.24. The molecule has 0 amide bonds. The Labute approximate surface area is 148 Å². The van der Waals surface area contributed by atoms with Gasteiger partial charge < -0.3 is 9.47 Å². The van der Waals surface area contributed by atoms with Crippen molar-refractivity contribution in [1.82, 2.24) is 14.9 Å². The van der Waals surface area contributed by atoms with Crippen molar-refractivity contribution < 1.29 is 18.3 Å². The molecule has 1 aromatic carbocycles. The van der Waals surface area contributed by atoms with Gasteiger partial charge in [0.1, 0.15) is 11.9 Å². The molecule has 1 fully saturated rings. The highest BCUT2D eigenvalue weighted by atomic mass is 32.1. The summed E-state index contributed by atoms with van der Waals surface area (Å²) in [5.74, 6) is 0.817. The van der Waals surface area contributed by atoms with Gasteiger partial charge in [-0.3, -0.25) is 5.10 Å². The molecule has 1 aliphatic heterocycles. The maximum atomic E-state index is 12.5. The average Bonchev–Trinajstić information content (AvgIpc) is 3.18. The molecule has 9 heteroatoms. The number of hydrogen-bond acceptors (Lipinski definition) is 5. The van der Waals surface area contributed by atoms with E-state index >= 15 is 0 Å². The Hall–Kier alpha value is -2.13. The summed E-state index contributed by atoms with van der Waals surface area (Å²) >= 11 is 5.22. The van der Waals surface area contributed by atoms with Crippen LogP contribution >= 0.6 is 12.2 Å². The van der Waals surface area contributed by atoms with Crippen LogP contribution in [0.25, 0.3) is 0 Å². The first-order valence-corrected chi connectivity index (χ1v) is 8.26. The summed E-state index contributed by atoms with van der Waals surface area (Å²) in [4.78, 5) is 0. The Morgan fingerprint density at radius 3 is 2.76 bits per heavy atom. The fourth-order valence-corrected chi connectivity index (χ4v) is 3.05. The lowest BCUT2D eigenvalue weighted by Gasteiger charge is -2.12. The van der Waals surface area contributed by atoms with E-state index in [4.69, 9.17) is 17.0 Å². The summed E-state index contributed by atoms with van der Waals surface area (Å²) in [5, 5.41) is 11.3. The molecule has 2 aromatic rings. The second kappa shape index (κ2) is 7.40. The van der Waals surface area contributed by atoms with Gasteiger partial charge in [-0.05, 0) is 67.7 Å². The highest BCUT2D eigenvalue weighted by Gasteiger charge is 2.23. The Morgan fingerprint density at radius 1 is 1.44 bits per heavy atom. The zero-order valence-electron chi connectivity index (χ0n) is 13.8. The molecule has 134 valence electrons. The molecule has 0 aliphatic carbocycles. The van der Waals surface area contributed by atoms with Crippen molar-refractivity contribution in [2.24, 2.45) is 5.10 Å². The zero-order chi connectivity index (χ0) is 18.0. The molecule has 25 heavy (non-hydrogen) atoms. The van der Waals surface area contributed by atoms with Crippen LogP contribution in [0.15, 0.2) is 17.2 Å². The minimum Gasteiger partial charge on any atom is -0.434 e. The summed E-state index contributed by atoms with van der Waals surface area (Å²) < 4.78 is 37.0. The van der Waals surface area contributed by atoms with E-state index in [1.54, 1.807) is 32.2 Å². The van der Waals surface area contributed by atoms with E-state index in [1.165, 1.54) is 4.68 Å². The molecule has 1 atom stereocenters. The van der Waals surface area contributed by atoms with Gasteiger partial charge in [0.15, 0.2) is 5.82 Å². The number of nitrogens with zero attached hydrogens (tertiary/aromatic N) is 3. The minimum absolute atomic E-state index is 0.129. The molecule has 1 aliphatic rings. The molecular formula is C16H18F2N4O2S. The van der Waals surface area contributed by atoms with Gasteiger partial charge in [0.2, 0.25) is 4.77 Å². The lowest BCUT2D eigenvalue weighted by molar-refractivity contribution is -0.0507. The zero-order valence-corrected chi connectivity index (χ0v) is 14.6. The number of aryl methyl sites for hydroxylation is 2. The monoisotopic (exact) mass is 368 g/mol. The van der Waals surface area contributed by atoms with Gasteiger partial charge in [0.05, 0.1) is 6.21 Å². The van der Waals surface area contributed by atoms with Crippen molar-refractivity contribution in [2.75, 3.05) is 6.61 Å².